The maximum Gasteiger partial charge on any atom is 0.176 e. The Morgan fingerprint density at radius 2 is 1.88 bits per heavy atom. The Labute approximate surface area is 101 Å². The van der Waals surface area contributed by atoms with Gasteiger partial charge >= 0.3 is 0 Å². The molecule has 0 saturated heterocycles. The number of nitrogens with zero attached hydrogens (tertiary/aromatic N) is 4. The summed E-state index contributed by atoms with van der Waals surface area (Å²) in [5.41, 5.74) is -0.222. The summed E-state index contributed by atoms with van der Waals surface area (Å²) in [5.74, 6) is 1.78. The van der Waals surface area contributed by atoms with Gasteiger partial charge in [-0.05, 0) is 37.5 Å². The van der Waals surface area contributed by atoms with Crippen LogP contribution in [0.2, 0.25) is 0 Å². The van der Waals surface area contributed by atoms with Crippen molar-refractivity contribution in [1.82, 2.24) is 20.6 Å². The summed E-state index contributed by atoms with van der Waals surface area (Å²) < 4.78 is 0. The molecule has 90 valence electrons. The van der Waals surface area contributed by atoms with Crippen LogP contribution in [0.5, 0.6) is 0 Å². The highest BCUT2D eigenvalue weighted by Crippen LogP contribution is 2.54. The smallest absolute Gasteiger partial charge is 0.176 e. The molecule has 2 saturated carbocycles. The highest BCUT2D eigenvalue weighted by atomic mass is 15.5. The van der Waals surface area contributed by atoms with Gasteiger partial charge in [-0.15, -0.1) is 10.2 Å². The molecule has 2 bridgehead atoms. The molecule has 2 aliphatic carbocycles. The molecule has 0 amide bonds. The van der Waals surface area contributed by atoms with Crippen molar-refractivity contribution in [3.05, 3.63) is 5.82 Å². The predicted molar refractivity (Wildman–Crippen MR) is 60.6 cm³/mol. The van der Waals surface area contributed by atoms with E-state index in [1.165, 1.54) is 38.5 Å². The lowest BCUT2D eigenvalue weighted by atomic mass is 9.54. The number of hydrogen-bond donors (Lipinski definition) is 1. The highest BCUT2D eigenvalue weighted by Gasteiger charge is 2.50. The van der Waals surface area contributed by atoms with E-state index < -0.39 is 0 Å². The van der Waals surface area contributed by atoms with E-state index in [4.69, 9.17) is 0 Å². The Hall–Kier alpha value is -1.44. The quantitative estimate of drug-likeness (QED) is 0.842. The third-order valence-corrected chi connectivity index (χ3v) is 4.72. The minimum atomic E-state index is -0.222. The molecule has 0 unspecified atom stereocenters. The fourth-order valence-corrected chi connectivity index (χ4v) is 3.90. The number of hydrogen-bond acceptors (Lipinski definition) is 4. The number of H-pyrrole nitrogens is 1. The number of rotatable bonds is 2. The summed E-state index contributed by atoms with van der Waals surface area (Å²) in [6.07, 6.45) is 8.03. The number of nitrogens with one attached hydrogen (secondary N) is 1. The third-order valence-electron chi connectivity index (χ3n) is 4.72. The molecule has 5 nitrogen and oxygen atoms in total. The van der Waals surface area contributed by atoms with E-state index in [2.05, 4.69) is 26.7 Å². The van der Waals surface area contributed by atoms with Gasteiger partial charge in [0, 0.05) is 6.42 Å². The lowest BCUT2D eigenvalue weighted by Gasteiger charge is -2.48. The molecule has 0 aromatic carbocycles. The molecule has 1 heterocycles. The summed E-state index contributed by atoms with van der Waals surface area (Å²) in [5, 5.41) is 23.9. The Bertz CT molecular complexity index is 397. The lowest BCUT2D eigenvalue weighted by Crippen LogP contribution is -2.45. The molecule has 2 aliphatic rings. The first-order valence-electron chi connectivity index (χ1n) is 6.49. The van der Waals surface area contributed by atoms with Gasteiger partial charge in [0.2, 0.25) is 0 Å². The Kier molecular flexibility index (Phi) is 2.58. The maximum atomic E-state index is 9.71. The summed E-state index contributed by atoms with van der Waals surface area (Å²) in [7, 11) is 0. The molecule has 0 aliphatic heterocycles. The summed E-state index contributed by atoms with van der Waals surface area (Å²) in [6.45, 7) is 0. The van der Waals surface area contributed by atoms with Crippen molar-refractivity contribution in [3.8, 4) is 6.07 Å². The molecule has 1 aromatic rings. The zero-order valence-electron chi connectivity index (χ0n) is 9.89. The standard InChI is InChI=1S/C12H17N5/c13-8-12(7-11-14-16-17-15-11)9-3-1-4-10(12)6-2-5-9/h9-10H,1-7H2,(H,14,15,16,17). The van der Waals surface area contributed by atoms with Crippen LogP contribution in [-0.2, 0) is 6.42 Å². The van der Waals surface area contributed by atoms with Gasteiger partial charge in [0.15, 0.2) is 5.82 Å². The van der Waals surface area contributed by atoms with Gasteiger partial charge in [-0.2, -0.15) is 10.5 Å². The van der Waals surface area contributed by atoms with Crippen LogP contribution in [0.4, 0.5) is 0 Å². The van der Waals surface area contributed by atoms with Gasteiger partial charge in [0.25, 0.3) is 0 Å². The van der Waals surface area contributed by atoms with Crippen LogP contribution in [0.1, 0.15) is 44.3 Å². The summed E-state index contributed by atoms with van der Waals surface area (Å²) >= 11 is 0. The molecule has 1 N–H and O–H groups in total. The SMILES string of the molecule is N#CC1(Cc2nn[nH]n2)C2CCCC1CCC2. The summed E-state index contributed by atoms with van der Waals surface area (Å²) in [6, 6.07) is 2.64. The van der Waals surface area contributed by atoms with E-state index in [1.807, 2.05) is 0 Å². The number of fused-ring (bicyclic) bond motifs is 2. The minimum absolute atomic E-state index is 0.222. The number of aromatic amines is 1. The molecular weight excluding hydrogens is 214 g/mol. The van der Waals surface area contributed by atoms with Crippen LogP contribution < -0.4 is 0 Å². The van der Waals surface area contributed by atoms with Crippen molar-refractivity contribution < 1.29 is 0 Å². The largest absolute Gasteiger partial charge is 0.198 e. The second-order valence-electron chi connectivity index (χ2n) is 5.41. The lowest BCUT2D eigenvalue weighted by molar-refractivity contribution is 0.0287. The first kappa shape index (κ1) is 10.7. The van der Waals surface area contributed by atoms with E-state index in [9.17, 15) is 5.26 Å². The van der Waals surface area contributed by atoms with Crippen LogP contribution in [0.15, 0.2) is 0 Å². The molecule has 2 fully saturated rings. The average molecular weight is 231 g/mol. The Morgan fingerprint density at radius 1 is 1.24 bits per heavy atom. The molecular formula is C12H17N5. The maximum absolute atomic E-state index is 9.71. The van der Waals surface area contributed by atoms with Crippen molar-refractivity contribution >= 4 is 0 Å². The number of tetrazole rings is 1. The predicted octanol–water partition coefficient (Wildman–Crippen LogP) is 1.85. The van der Waals surface area contributed by atoms with Crippen molar-refractivity contribution in [3.63, 3.8) is 0 Å². The van der Waals surface area contributed by atoms with Crippen molar-refractivity contribution in [2.45, 2.75) is 44.9 Å². The number of nitriles is 1. The monoisotopic (exact) mass is 231 g/mol. The van der Waals surface area contributed by atoms with Gasteiger partial charge in [-0.1, -0.05) is 18.1 Å². The van der Waals surface area contributed by atoms with E-state index in [0.29, 0.717) is 24.1 Å². The molecule has 0 spiro atoms. The first-order valence-corrected chi connectivity index (χ1v) is 6.49. The summed E-state index contributed by atoms with van der Waals surface area (Å²) in [4.78, 5) is 0. The Morgan fingerprint density at radius 3 is 2.35 bits per heavy atom. The second-order valence-corrected chi connectivity index (χ2v) is 5.41. The van der Waals surface area contributed by atoms with Crippen LogP contribution in [0.3, 0.4) is 0 Å². The molecule has 17 heavy (non-hydrogen) atoms. The zero-order valence-corrected chi connectivity index (χ0v) is 9.89. The highest BCUT2D eigenvalue weighted by molar-refractivity contribution is 5.13. The van der Waals surface area contributed by atoms with E-state index in [-0.39, 0.29) is 5.41 Å². The van der Waals surface area contributed by atoms with E-state index in [1.54, 1.807) is 0 Å². The molecule has 0 radical (unpaired) electrons. The topological polar surface area (TPSA) is 78.2 Å². The van der Waals surface area contributed by atoms with Crippen LogP contribution in [-0.4, -0.2) is 20.6 Å². The average Bonchev–Trinajstić information content (AvgIpc) is 2.81. The van der Waals surface area contributed by atoms with Gasteiger partial charge in [0.05, 0.1) is 11.5 Å². The van der Waals surface area contributed by atoms with Crippen molar-refractivity contribution in [2.75, 3.05) is 0 Å². The minimum Gasteiger partial charge on any atom is -0.198 e. The first-order chi connectivity index (χ1) is 8.35. The van der Waals surface area contributed by atoms with E-state index in [0.717, 1.165) is 0 Å². The van der Waals surface area contributed by atoms with Gasteiger partial charge in [-0.3, -0.25) is 0 Å². The van der Waals surface area contributed by atoms with Gasteiger partial charge in [-0.25, -0.2) is 0 Å². The molecule has 3 rings (SSSR count). The number of aromatic nitrogens is 4. The van der Waals surface area contributed by atoms with Crippen LogP contribution >= 0.6 is 0 Å². The second kappa shape index (κ2) is 4.10. The van der Waals surface area contributed by atoms with Crippen molar-refractivity contribution in [2.24, 2.45) is 17.3 Å². The molecule has 0 atom stereocenters. The molecule has 1 aromatic heterocycles. The van der Waals surface area contributed by atoms with Crippen LogP contribution in [0, 0.1) is 28.6 Å². The zero-order chi connectivity index (χ0) is 11.7. The van der Waals surface area contributed by atoms with Crippen LogP contribution in [0.25, 0.3) is 0 Å². The van der Waals surface area contributed by atoms with Gasteiger partial charge < -0.3 is 0 Å². The molecule has 5 heteroatoms. The normalized spacial score (nSPS) is 36.4. The van der Waals surface area contributed by atoms with Gasteiger partial charge in [0.1, 0.15) is 0 Å². The van der Waals surface area contributed by atoms with Crippen molar-refractivity contribution in [1.29, 1.82) is 5.26 Å². The third kappa shape index (κ3) is 1.63. The Balaban J connectivity index is 1.92. The van der Waals surface area contributed by atoms with E-state index >= 15 is 0 Å². The fraction of sp³-hybridized carbons (Fsp3) is 0.833. The fourth-order valence-electron chi connectivity index (χ4n) is 3.90.